The SMILES string of the molecule is COCCOCCOc1ccc2c3c(cccc13)C(=O)N(OS(C)(=O)=O)C2=O. The smallest absolute Gasteiger partial charge is 0.286 e. The second-order valence-electron chi connectivity index (χ2n) is 5.98. The minimum atomic E-state index is -4.05. The number of carbonyl (C=O) groups excluding carboxylic acids is 2. The van der Waals surface area contributed by atoms with Gasteiger partial charge in [-0.2, -0.15) is 8.42 Å². The van der Waals surface area contributed by atoms with Gasteiger partial charge in [-0.3, -0.25) is 9.59 Å². The van der Waals surface area contributed by atoms with Gasteiger partial charge in [0.1, 0.15) is 12.4 Å². The van der Waals surface area contributed by atoms with Crippen molar-refractivity contribution in [2.75, 3.05) is 39.8 Å². The Balaban J connectivity index is 1.89. The van der Waals surface area contributed by atoms with E-state index in [9.17, 15) is 18.0 Å². The van der Waals surface area contributed by atoms with Gasteiger partial charge in [0.25, 0.3) is 21.9 Å². The van der Waals surface area contributed by atoms with Crippen molar-refractivity contribution in [3.8, 4) is 5.75 Å². The van der Waals surface area contributed by atoms with E-state index in [4.69, 9.17) is 14.2 Å². The molecule has 2 amide bonds. The molecular formula is C18H19NO8S. The van der Waals surface area contributed by atoms with Gasteiger partial charge in [0, 0.05) is 17.9 Å². The molecule has 0 aromatic heterocycles. The van der Waals surface area contributed by atoms with Gasteiger partial charge in [0.15, 0.2) is 0 Å². The number of rotatable bonds is 9. The Morgan fingerprint density at radius 2 is 1.61 bits per heavy atom. The number of hydroxylamine groups is 2. The Bertz CT molecular complexity index is 995. The van der Waals surface area contributed by atoms with E-state index in [2.05, 4.69) is 4.28 Å². The maximum atomic E-state index is 12.6. The van der Waals surface area contributed by atoms with Crippen molar-refractivity contribution >= 4 is 32.7 Å². The number of methoxy groups -OCH3 is 1. The largest absolute Gasteiger partial charge is 0.491 e. The highest BCUT2D eigenvalue weighted by molar-refractivity contribution is 7.85. The molecule has 0 saturated heterocycles. The average Bonchev–Trinajstić information content (AvgIpc) is 2.65. The summed E-state index contributed by atoms with van der Waals surface area (Å²) < 4.78 is 43.3. The molecule has 28 heavy (non-hydrogen) atoms. The maximum absolute atomic E-state index is 12.6. The van der Waals surface area contributed by atoms with Gasteiger partial charge >= 0.3 is 0 Å². The molecule has 0 radical (unpaired) electrons. The summed E-state index contributed by atoms with van der Waals surface area (Å²) in [5, 5.41) is 1.22. The molecule has 0 bridgehead atoms. The molecule has 0 saturated carbocycles. The molecule has 3 rings (SSSR count). The van der Waals surface area contributed by atoms with Crippen LogP contribution >= 0.6 is 0 Å². The normalized spacial score (nSPS) is 14.0. The van der Waals surface area contributed by atoms with Crippen LogP contribution < -0.4 is 4.74 Å². The lowest BCUT2D eigenvalue weighted by Gasteiger charge is -2.25. The van der Waals surface area contributed by atoms with Crippen LogP contribution in [0.1, 0.15) is 20.7 Å². The van der Waals surface area contributed by atoms with Crippen LogP contribution in [0.25, 0.3) is 10.8 Å². The number of benzene rings is 2. The average molecular weight is 409 g/mol. The molecule has 0 aliphatic carbocycles. The van der Waals surface area contributed by atoms with E-state index in [-0.39, 0.29) is 22.8 Å². The van der Waals surface area contributed by atoms with Crippen molar-refractivity contribution in [3.63, 3.8) is 0 Å². The molecule has 2 aromatic rings. The molecule has 9 nitrogen and oxygen atoms in total. The van der Waals surface area contributed by atoms with E-state index in [0.29, 0.717) is 36.3 Å². The van der Waals surface area contributed by atoms with Gasteiger partial charge in [0.05, 0.1) is 37.2 Å². The van der Waals surface area contributed by atoms with Crippen LogP contribution in [0.3, 0.4) is 0 Å². The monoisotopic (exact) mass is 409 g/mol. The number of ether oxygens (including phenoxy) is 3. The van der Waals surface area contributed by atoms with Gasteiger partial charge in [-0.1, -0.05) is 12.1 Å². The fourth-order valence-corrected chi connectivity index (χ4v) is 3.24. The number of nitrogens with zero attached hydrogens (tertiary/aromatic N) is 1. The number of hydrogen-bond donors (Lipinski definition) is 0. The first-order valence-corrected chi connectivity index (χ1v) is 10.2. The highest BCUT2D eigenvalue weighted by atomic mass is 32.2. The zero-order valence-corrected chi connectivity index (χ0v) is 16.2. The lowest BCUT2D eigenvalue weighted by atomic mass is 9.94. The van der Waals surface area contributed by atoms with Crippen LogP contribution in [0.15, 0.2) is 30.3 Å². The van der Waals surface area contributed by atoms with Crippen molar-refractivity contribution in [1.29, 1.82) is 0 Å². The van der Waals surface area contributed by atoms with Crippen molar-refractivity contribution in [2.24, 2.45) is 0 Å². The zero-order chi connectivity index (χ0) is 20.3. The highest BCUT2D eigenvalue weighted by Gasteiger charge is 2.36. The predicted octanol–water partition coefficient (Wildman–Crippen LogP) is 1.37. The summed E-state index contributed by atoms with van der Waals surface area (Å²) >= 11 is 0. The lowest BCUT2D eigenvalue weighted by Crippen LogP contribution is -2.41. The third-order valence-corrected chi connectivity index (χ3v) is 4.38. The minimum Gasteiger partial charge on any atom is -0.491 e. The summed E-state index contributed by atoms with van der Waals surface area (Å²) in [4.78, 5) is 25.2. The van der Waals surface area contributed by atoms with Gasteiger partial charge in [-0.25, -0.2) is 0 Å². The number of imide groups is 1. The fraction of sp³-hybridized carbons (Fsp3) is 0.333. The van der Waals surface area contributed by atoms with E-state index in [1.165, 1.54) is 12.1 Å². The highest BCUT2D eigenvalue weighted by Crippen LogP contribution is 2.35. The van der Waals surface area contributed by atoms with Gasteiger partial charge in [-0.05, 0) is 18.2 Å². The molecule has 0 fully saturated rings. The van der Waals surface area contributed by atoms with Crippen molar-refractivity contribution < 1.29 is 36.5 Å². The summed E-state index contributed by atoms with van der Waals surface area (Å²) in [5.41, 5.74) is 0.301. The van der Waals surface area contributed by atoms with Crippen LogP contribution in [0, 0.1) is 0 Å². The summed E-state index contributed by atoms with van der Waals surface area (Å²) in [5.74, 6) is -1.23. The van der Waals surface area contributed by atoms with Crippen molar-refractivity contribution in [3.05, 3.63) is 41.5 Å². The van der Waals surface area contributed by atoms with Gasteiger partial charge in [-0.15, -0.1) is 9.35 Å². The summed E-state index contributed by atoms with van der Waals surface area (Å²) in [6, 6.07) is 7.90. The molecule has 0 unspecified atom stereocenters. The molecule has 0 atom stereocenters. The quantitative estimate of drug-likeness (QED) is 0.451. The molecule has 1 heterocycles. The standard InChI is InChI=1S/C18H19NO8S/c1-24-8-9-25-10-11-26-15-7-6-14-16-12(15)4-3-5-13(16)17(20)19(18(14)21)27-28(2,22)23/h3-7H,8-11H2,1-2H3. The van der Waals surface area contributed by atoms with E-state index in [0.717, 1.165) is 6.26 Å². The van der Waals surface area contributed by atoms with Crippen LogP contribution in [-0.2, 0) is 23.9 Å². The van der Waals surface area contributed by atoms with Crippen LogP contribution in [0.5, 0.6) is 5.75 Å². The Morgan fingerprint density at radius 1 is 0.929 bits per heavy atom. The van der Waals surface area contributed by atoms with Gasteiger partial charge < -0.3 is 14.2 Å². The van der Waals surface area contributed by atoms with Crippen molar-refractivity contribution in [2.45, 2.75) is 0 Å². The van der Waals surface area contributed by atoms with E-state index >= 15 is 0 Å². The first-order valence-electron chi connectivity index (χ1n) is 8.37. The molecule has 10 heteroatoms. The lowest BCUT2D eigenvalue weighted by molar-refractivity contribution is -0.0149. The number of hydrogen-bond acceptors (Lipinski definition) is 8. The fourth-order valence-electron chi connectivity index (χ4n) is 2.83. The zero-order valence-electron chi connectivity index (χ0n) is 15.3. The summed E-state index contributed by atoms with van der Waals surface area (Å²) in [6.45, 7) is 1.55. The first kappa shape index (κ1) is 20.2. The van der Waals surface area contributed by atoms with E-state index in [1.54, 1.807) is 25.3 Å². The minimum absolute atomic E-state index is 0.151. The topological polar surface area (TPSA) is 108 Å². The third-order valence-electron chi connectivity index (χ3n) is 3.96. The molecule has 1 aliphatic rings. The molecule has 0 N–H and O–H groups in total. The van der Waals surface area contributed by atoms with E-state index < -0.39 is 21.9 Å². The molecule has 2 aromatic carbocycles. The molecule has 1 aliphatic heterocycles. The predicted molar refractivity (Wildman–Crippen MR) is 98.6 cm³/mol. The maximum Gasteiger partial charge on any atom is 0.286 e. The Hall–Kier alpha value is -2.53. The molecule has 0 spiro atoms. The Morgan fingerprint density at radius 3 is 2.29 bits per heavy atom. The molecular weight excluding hydrogens is 390 g/mol. The van der Waals surface area contributed by atoms with Crippen molar-refractivity contribution in [1.82, 2.24) is 5.06 Å². The number of amides is 2. The molecule has 150 valence electrons. The summed E-state index contributed by atoms with van der Waals surface area (Å²) in [7, 11) is -2.47. The Kier molecular flexibility index (Phi) is 5.94. The van der Waals surface area contributed by atoms with Crippen LogP contribution in [0.2, 0.25) is 0 Å². The van der Waals surface area contributed by atoms with E-state index in [1.807, 2.05) is 0 Å². The third kappa shape index (κ3) is 4.14. The second-order valence-corrected chi connectivity index (χ2v) is 7.53. The van der Waals surface area contributed by atoms with Gasteiger partial charge in [0.2, 0.25) is 0 Å². The van der Waals surface area contributed by atoms with Crippen LogP contribution in [-0.4, -0.2) is 65.1 Å². The Labute approximate surface area is 161 Å². The second kappa shape index (κ2) is 8.23. The first-order chi connectivity index (χ1) is 13.3. The summed E-state index contributed by atoms with van der Waals surface area (Å²) in [6.07, 6.45) is 0.759. The number of carbonyl (C=O) groups is 2. The van der Waals surface area contributed by atoms with Crippen LogP contribution in [0.4, 0.5) is 0 Å².